The maximum absolute atomic E-state index is 13.6. The van der Waals surface area contributed by atoms with Gasteiger partial charge in [-0.05, 0) is 68.2 Å². The highest BCUT2D eigenvalue weighted by Crippen LogP contribution is 2.33. The molecule has 3 aromatic rings. The highest BCUT2D eigenvalue weighted by Gasteiger charge is 2.33. The zero-order chi connectivity index (χ0) is 24.2. The van der Waals surface area contributed by atoms with Gasteiger partial charge in [0.1, 0.15) is 11.6 Å². The number of aryl methyl sites for hydroxylation is 1. The van der Waals surface area contributed by atoms with Crippen molar-refractivity contribution in [1.82, 2.24) is 14.5 Å². The van der Waals surface area contributed by atoms with Crippen LogP contribution < -0.4 is 4.74 Å². The third kappa shape index (κ3) is 4.89. The van der Waals surface area contributed by atoms with E-state index in [0.717, 1.165) is 34.5 Å². The molecule has 0 spiro atoms. The van der Waals surface area contributed by atoms with E-state index < -0.39 is 0 Å². The second kappa shape index (κ2) is 10.2. The lowest BCUT2D eigenvalue weighted by molar-refractivity contribution is -0.134. The molecule has 0 bridgehead atoms. The van der Waals surface area contributed by atoms with E-state index in [9.17, 15) is 9.18 Å². The number of amides is 1. The third-order valence-electron chi connectivity index (χ3n) is 6.28. The van der Waals surface area contributed by atoms with Crippen LogP contribution >= 0.6 is 0 Å². The van der Waals surface area contributed by atoms with E-state index in [2.05, 4.69) is 4.98 Å². The molecule has 0 aliphatic carbocycles. The van der Waals surface area contributed by atoms with Crippen molar-refractivity contribution in [1.29, 1.82) is 0 Å². The molecule has 0 saturated carbocycles. The summed E-state index contributed by atoms with van der Waals surface area (Å²) in [6.07, 6.45) is 6.91. The number of imidazole rings is 1. The molecule has 0 radical (unpaired) electrons. The molecule has 1 unspecified atom stereocenters. The van der Waals surface area contributed by atoms with Gasteiger partial charge >= 0.3 is 0 Å². The molecule has 1 fully saturated rings. The van der Waals surface area contributed by atoms with Crippen LogP contribution in [0, 0.1) is 12.7 Å². The summed E-state index contributed by atoms with van der Waals surface area (Å²) in [5.74, 6) is 0.364. The molecule has 1 amide bonds. The van der Waals surface area contributed by atoms with E-state index in [4.69, 9.17) is 9.47 Å². The average molecular weight is 464 g/mol. The summed E-state index contributed by atoms with van der Waals surface area (Å²) in [7, 11) is 3.26. The van der Waals surface area contributed by atoms with E-state index in [-0.39, 0.29) is 23.9 Å². The number of halogens is 1. The molecule has 0 N–H and O–H groups in total. The summed E-state index contributed by atoms with van der Waals surface area (Å²) in [5, 5.41) is 0. The normalized spacial score (nSPS) is 17.1. The van der Waals surface area contributed by atoms with Crippen molar-refractivity contribution in [2.45, 2.75) is 38.8 Å². The van der Waals surface area contributed by atoms with Gasteiger partial charge in [0.15, 0.2) is 0 Å². The van der Waals surface area contributed by atoms with Crippen LogP contribution in [0.25, 0.3) is 11.8 Å². The lowest BCUT2D eigenvalue weighted by atomic mass is 9.94. The molecule has 6 nitrogen and oxygen atoms in total. The maximum atomic E-state index is 13.6. The first-order valence-electron chi connectivity index (χ1n) is 11.4. The van der Waals surface area contributed by atoms with Gasteiger partial charge in [-0.1, -0.05) is 18.2 Å². The van der Waals surface area contributed by atoms with Crippen LogP contribution in [0.4, 0.5) is 4.39 Å². The zero-order valence-electron chi connectivity index (χ0n) is 20.0. The minimum Gasteiger partial charge on any atom is -0.495 e. The number of nitrogens with zero attached hydrogens (tertiary/aromatic N) is 3. The summed E-state index contributed by atoms with van der Waals surface area (Å²) in [6.45, 7) is 4.49. The minimum atomic E-state index is -0.304. The van der Waals surface area contributed by atoms with Crippen molar-refractivity contribution in [2.24, 2.45) is 0 Å². The van der Waals surface area contributed by atoms with Crippen molar-refractivity contribution in [3.05, 3.63) is 83.2 Å². The molecule has 1 aliphatic heterocycles. The van der Waals surface area contributed by atoms with Crippen LogP contribution in [0.1, 0.15) is 42.6 Å². The van der Waals surface area contributed by atoms with E-state index >= 15 is 0 Å². The molecule has 1 aliphatic rings. The van der Waals surface area contributed by atoms with Crippen LogP contribution in [-0.2, 0) is 9.53 Å². The highest BCUT2D eigenvalue weighted by molar-refractivity contribution is 5.99. The number of carbonyl (C=O) groups is 1. The van der Waals surface area contributed by atoms with Crippen molar-refractivity contribution in [3.63, 3.8) is 0 Å². The second-order valence-corrected chi connectivity index (χ2v) is 8.56. The quantitative estimate of drug-likeness (QED) is 0.457. The first kappa shape index (κ1) is 23.7. The Hall–Kier alpha value is -3.45. The number of benzene rings is 2. The van der Waals surface area contributed by atoms with Gasteiger partial charge in [-0.3, -0.25) is 4.79 Å². The summed E-state index contributed by atoms with van der Waals surface area (Å²) < 4.78 is 26.7. The molecular formula is C27H30FN3O3. The average Bonchev–Trinajstić information content (AvgIpc) is 3.28. The summed E-state index contributed by atoms with van der Waals surface area (Å²) in [5.41, 5.74) is 4.27. The molecule has 7 heteroatoms. The van der Waals surface area contributed by atoms with Crippen LogP contribution in [-0.4, -0.2) is 47.2 Å². The van der Waals surface area contributed by atoms with Crippen molar-refractivity contribution >= 4 is 12.0 Å². The molecule has 1 aromatic heterocycles. The predicted molar refractivity (Wildman–Crippen MR) is 129 cm³/mol. The van der Waals surface area contributed by atoms with E-state index in [1.165, 1.54) is 12.1 Å². The van der Waals surface area contributed by atoms with Gasteiger partial charge < -0.3 is 18.9 Å². The topological polar surface area (TPSA) is 56.6 Å². The Morgan fingerprint density at radius 2 is 1.91 bits per heavy atom. The number of piperidine rings is 1. The minimum absolute atomic E-state index is 0.0299. The monoisotopic (exact) mass is 463 g/mol. The fourth-order valence-electron chi connectivity index (χ4n) is 4.48. The fourth-order valence-corrected chi connectivity index (χ4v) is 4.48. The molecule has 2 heterocycles. The van der Waals surface area contributed by atoms with E-state index in [0.29, 0.717) is 18.7 Å². The number of ether oxygens (including phenoxy) is 2. The molecule has 34 heavy (non-hydrogen) atoms. The Bertz CT molecular complexity index is 1190. The standard InChI is InChI=1S/C27H30FN3O3/c1-18-16-30(17-29-18)24-12-7-20(15-25(24)34-4)14-22-6-5-13-31(27(22)32)26(19(2)33-3)21-8-10-23(28)11-9-21/h7-12,14-17,19,26H,5-6,13H2,1-4H3/t19-,26?/m1/s1. The molecule has 1 saturated heterocycles. The maximum Gasteiger partial charge on any atom is 0.250 e. The lowest BCUT2D eigenvalue weighted by Crippen LogP contribution is -2.44. The number of hydrogen-bond donors (Lipinski definition) is 0. The number of carbonyl (C=O) groups excluding carboxylic acids is 1. The van der Waals surface area contributed by atoms with Crippen LogP contribution in [0.3, 0.4) is 0 Å². The Morgan fingerprint density at radius 3 is 2.56 bits per heavy atom. The van der Waals surface area contributed by atoms with Crippen molar-refractivity contribution in [3.8, 4) is 11.4 Å². The number of likely N-dealkylation sites (tertiary alicyclic amines) is 1. The molecule has 2 atom stereocenters. The number of methoxy groups -OCH3 is 2. The second-order valence-electron chi connectivity index (χ2n) is 8.56. The van der Waals surface area contributed by atoms with Crippen LogP contribution in [0.5, 0.6) is 5.75 Å². The molecule has 2 aromatic carbocycles. The van der Waals surface area contributed by atoms with Crippen molar-refractivity contribution in [2.75, 3.05) is 20.8 Å². The Balaban J connectivity index is 1.64. The first-order chi connectivity index (χ1) is 16.4. The van der Waals surface area contributed by atoms with Gasteiger partial charge in [-0.25, -0.2) is 9.37 Å². The highest BCUT2D eigenvalue weighted by atomic mass is 19.1. The molecule has 178 valence electrons. The predicted octanol–water partition coefficient (Wildman–Crippen LogP) is 5.11. The Labute approximate surface area is 199 Å². The fraction of sp³-hybridized carbons (Fsp3) is 0.333. The van der Waals surface area contributed by atoms with Crippen LogP contribution in [0.15, 0.2) is 60.6 Å². The summed E-state index contributed by atoms with van der Waals surface area (Å²) >= 11 is 0. The summed E-state index contributed by atoms with van der Waals surface area (Å²) in [6, 6.07) is 11.9. The SMILES string of the molecule is COc1cc(C=C2CCCN(C(c3ccc(F)cc3)[C@@H](C)OC)C2=O)ccc1-n1cnc(C)c1. The Morgan fingerprint density at radius 1 is 1.15 bits per heavy atom. The third-order valence-corrected chi connectivity index (χ3v) is 6.28. The number of rotatable bonds is 7. The number of hydrogen-bond acceptors (Lipinski definition) is 4. The van der Waals surface area contributed by atoms with Gasteiger partial charge in [0.25, 0.3) is 0 Å². The van der Waals surface area contributed by atoms with Gasteiger partial charge in [0.05, 0.1) is 37.0 Å². The number of aromatic nitrogens is 2. The Kier molecular flexibility index (Phi) is 7.12. The van der Waals surface area contributed by atoms with Gasteiger partial charge in [0, 0.05) is 25.4 Å². The van der Waals surface area contributed by atoms with Gasteiger partial charge in [0.2, 0.25) is 5.91 Å². The molecular weight excluding hydrogens is 433 g/mol. The summed E-state index contributed by atoms with van der Waals surface area (Å²) in [4.78, 5) is 19.7. The van der Waals surface area contributed by atoms with Crippen molar-refractivity contribution < 1.29 is 18.7 Å². The van der Waals surface area contributed by atoms with Gasteiger partial charge in [-0.15, -0.1) is 0 Å². The smallest absolute Gasteiger partial charge is 0.250 e. The van der Waals surface area contributed by atoms with E-state index in [1.54, 1.807) is 32.7 Å². The van der Waals surface area contributed by atoms with E-state index in [1.807, 2.05) is 53.8 Å². The molecule has 4 rings (SSSR count). The van der Waals surface area contributed by atoms with Crippen LogP contribution in [0.2, 0.25) is 0 Å². The van der Waals surface area contributed by atoms with Gasteiger partial charge in [-0.2, -0.15) is 0 Å². The largest absolute Gasteiger partial charge is 0.495 e. The first-order valence-corrected chi connectivity index (χ1v) is 11.4. The zero-order valence-corrected chi connectivity index (χ0v) is 20.0. The lowest BCUT2D eigenvalue weighted by Gasteiger charge is -2.38.